The number of amides is 1. The highest BCUT2D eigenvalue weighted by molar-refractivity contribution is 5.97. The van der Waals surface area contributed by atoms with Crippen molar-refractivity contribution >= 4 is 22.6 Å². The second-order valence-electron chi connectivity index (χ2n) is 4.59. The Kier molecular flexibility index (Phi) is 2.81. The van der Waals surface area contributed by atoms with Crippen molar-refractivity contribution in [1.29, 1.82) is 0 Å². The van der Waals surface area contributed by atoms with Crippen LogP contribution in [0.25, 0.3) is 21.5 Å². The monoisotopic (exact) mass is 256 g/mol. The highest BCUT2D eigenvalue weighted by Gasteiger charge is 2.30. The zero-order valence-electron chi connectivity index (χ0n) is 10.2. The van der Waals surface area contributed by atoms with E-state index in [0.717, 1.165) is 16.7 Å². The van der Waals surface area contributed by atoms with Gasteiger partial charge in [0.1, 0.15) is 0 Å². The van der Waals surface area contributed by atoms with Crippen LogP contribution in [0, 0.1) is 5.92 Å². The van der Waals surface area contributed by atoms with Gasteiger partial charge in [-0.15, -0.1) is 0 Å². The first-order valence-electron chi connectivity index (χ1n) is 6.02. The number of carbonyl (C=O) groups is 1. The van der Waals surface area contributed by atoms with E-state index in [4.69, 9.17) is 5.53 Å². The van der Waals surface area contributed by atoms with Crippen LogP contribution in [-0.4, -0.2) is 29.0 Å². The molecule has 1 amide bonds. The molecule has 1 unspecified atom stereocenters. The van der Waals surface area contributed by atoms with E-state index in [9.17, 15) is 4.79 Å². The smallest absolute Gasteiger partial charge is 0.227 e. The summed E-state index contributed by atoms with van der Waals surface area (Å²) < 4.78 is 0. The Balaban J connectivity index is 1.85. The minimum Gasteiger partial charge on any atom is -0.345 e. The Morgan fingerprint density at radius 2 is 2.47 bits per heavy atom. The highest BCUT2D eigenvalue weighted by Crippen LogP contribution is 2.27. The maximum absolute atomic E-state index is 12.0. The Hall–Kier alpha value is -2.53. The maximum atomic E-state index is 12.0. The lowest BCUT2D eigenvalue weighted by Gasteiger charge is -2.16. The SMILES string of the molecule is [N-]=[N+]=NCC1CC(=O)N(c2ccc3nc[nH]c3c2)C1. The van der Waals surface area contributed by atoms with E-state index in [1.54, 1.807) is 11.2 Å². The van der Waals surface area contributed by atoms with Gasteiger partial charge < -0.3 is 9.88 Å². The number of aromatic nitrogens is 2. The van der Waals surface area contributed by atoms with Gasteiger partial charge >= 0.3 is 0 Å². The van der Waals surface area contributed by atoms with Crippen molar-refractivity contribution in [1.82, 2.24) is 9.97 Å². The molecule has 19 heavy (non-hydrogen) atoms. The molecule has 1 aliphatic heterocycles. The largest absolute Gasteiger partial charge is 0.345 e. The molecule has 1 aromatic heterocycles. The molecule has 3 rings (SSSR count). The first-order valence-corrected chi connectivity index (χ1v) is 6.02. The first kappa shape index (κ1) is 11.6. The minimum atomic E-state index is 0.0667. The maximum Gasteiger partial charge on any atom is 0.227 e. The topological polar surface area (TPSA) is 97.8 Å². The van der Waals surface area contributed by atoms with Gasteiger partial charge in [-0.05, 0) is 29.6 Å². The van der Waals surface area contributed by atoms with Crippen LogP contribution in [0.1, 0.15) is 6.42 Å². The van der Waals surface area contributed by atoms with Gasteiger partial charge in [0.05, 0.1) is 17.4 Å². The van der Waals surface area contributed by atoms with E-state index in [-0.39, 0.29) is 11.8 Å². The molecule has 2 aromatic rings. The summed E-state index contributed by atoms with van der Waals surface area (Å²) in [5, 5.41) is 3.54. The predicted molar refractivity (Wildman–Crippen MR) is 70.6 cm³/mol. The Morgan fingerprint density at radius 3 is 3.32 bits per heavy atom. The number of benzene rings is 1. The average molecular weight is 256 g/mol. The summed E-state index contributed by atoms with van der Waals surface area (Å²) in [6, 6.07) is 5.68. The number of hydrogen-bond donors (Lipinski definition) is 1. The molecule has 1 fully saturated rings. The third-order valence-electron chi connectivity index (χ3n) is 3.32. The van der Waals surface area contributed by atoms with Crippen molar-refractivity contribution in [3.05, 3.63) is 35.0 Å². The number of nitrogens with one attached hydrogen (secondary N) is 1. The molecule has 7 heteroatoms. The highest BCUT2D eigenvalue weighted by atomic mass is 16.2. The quantitative estimate of drug-likeness (QED) is 0.517. The van der Waals surface area contributed by atoms with Crippen LogP contribution >= 0.6 is 0 Å². The fourth-order valence-electron chi connectivity index (χ4n) is 2.40. The van der Waals surface area contributed by atoms with Gasteiger partial charge in [0.2, 0.25) is 5.91 Å². The van der Waals surface area contributed by atoms with Crippen molar-refractivity contribution in [2.24, 2.45) is 11.0 Å². The normalized spacial score (nSPS) is 18.8. The van der Waals surface area contributed by atoms with Gasteiger partial charge in [0.25, 0.3) is 0 Å². The van der Waals surface area contributed by atoms with E-state index in [1.807, 2.05) is 18.2 Å². The second-order valence-corrected chi connectivity index (χ2v) is 4.59. The molecule has 0 radical (unpaired) electrons. The van der Waals surface area contributed by atoms with Crippen LogP contribution in [0.4, 0.5) is 5.69 Å². The van der Waals surface area contributed by atoms with Crippen molar-refractivity contribution in [3.8, 4) is 0 Å². The lowest BCUT2D eigenvalue weighted by Crippen LogP contribution is -2.24. The fraction of sp³-hybridized carbons (Fsp3) is 0.333. The van der Waals surface area contributed by atoms with Crippen LogP contribution in [0.3, 0.4) is 0 Å². The Morgan fingerprint density at radius 1 is 1.58 bits per heavy atom. The third-order valence-corrected chi connectivity index (χ3v) is 3.32. The van der Waals surface area contributed by atoms with Crippen LogP contribution < -0.4 is 4.90 Å². The number of rotatable bonds is 3. The summed E-state index contributed by atoms with van der Waals surface area (Å²) in [5.74, 6) is 0.165. The molecule has 0 aliphatic carbocycles. The lowest BCUT2D eigenvalue weighted by atomic mass is 10.1. The van der Waals surface area contributed by atoms with E-state index in [0.29, 0.717) is 19.5 Å². The standard InChI is InChI=1S/C12H12N6O/c13-17-16-5-8-3-12(19)18(6-8)9-1-2-10-11(4-9)15-7-14-10/h1-2,4,7-8H,3,5-6H2,(H,14,15). The summed E-state index contributed by atoms with van der Waals surface area (Å²) in [6.45, 7) is 0.961. The molecule has 0 saturated carbocycles. The fourth-order valence-corrected chi connectivity index (χ4v) is 2.40. The van der Waals surface area contributed by atoms with Gasteiger partial charge in [-0.2, -0.15) is 0 Å². The van der Waals surface area contributed by atoms with Gasteiger partial charge in [-0.25, -0.2) is 4.98 Å². The van der Waals surface area contributed by atoms with E-state index in [2.05, 4.69) is 20.0 Å². The van der Waals surface area contributed by atoms with Crippen molar-refractivity contribution in [3.63, 3.8) is 0 Å². The van der Waals surface area contributed by atoms with Gasteiger partial charge in [0.15, 0.2) is 0 Å². The molecule has 1 aliphatic rings. The summed E-state index contributed by atoms with van der Waals surface area (Å²) in [4.78, 5) is 23.6. The Bertz CT molecular complexity index is 672. The van der Waals surface area contributed by atoms with E-state index in [1.165, 1.54) is 0 Å². The van der Waals surface area contributed by atoms with Crippen LogP contribution in [0.5, 0.6) is 0 Å². The third kappa shape index (κ3) is 2.11. The number of fused-ring (bicyclic) bond motifs is 1. The van der Waals surface area contributed by atoms with Gasteiger partial charge in [0, 0.05) is 30.1 Å². The molecule has 1 saturated heterocycles. The predicted octanol–water partition coefficient (Wildman–Crippen LogP) is 2.23. The van der Waals surface area contributed by atoms with Crippen molar-refractivity contribution < 1.29 is 4.79 Å². The summed E-state index contributed by atoms with van der Waals surface area (Å²) in [7, 11) is 0. The summed E-state index contributed by atoms with van der Waals surface area (Å²) in [6.07, 6.45) is 2.06. The summed E-state index contributed by atoms with van der Waals surface area (Å²) >= 11 is 0. The van der Waals surface area contributed by atoms with Gasteiger partial charge in [-0.3, -0.25) is 4.79 Å². The molecule has 0 bridgehead atoms. The number of hydrogen-bond acceptors (Lipinski definition) is 3. The molecule has 0 spiro atoms. The van der Waals surface area contributed by atoms with Gasteiger partial charge in [-0.1, -0.05) is 5.11 Å². The lowest BCUT2D eigenvalue weighted by molar-refractivity contribution is -0.117. The molecular weight excluding hydrogens is 244 g/mol. The van der Waals surface area contributed by atoms with Crippen LogP contribution in [0.15, 0.2) is 29.6 Å². The zero-order valence-corrected chi connectivity index (χ0v) is 10.2. The molecule has 1 aromatic carbocycles. The number of carbonyl (C=O) groups excluding carboxylic acids is 1. The van der Waals surface area contributed by atoms with Crippen molar-refractivity contribution in [2.75, 3.05) is 18.0 Å². The molecule has 96 valence electrons. The number of anilines is 1. The molecule has 1 N–H and O–H groups in total. The molecular formula is C12H12N6O. The Labute approximate surface area is 108 Å². The van der Waals surface area contributed by atoms with E-state index >= 15 is 0 Å². The van der Waals surface area contributed by atoms with Crippen LogP contribution in [0.2, 0.25) is 0 Å². The average Bonchev–Trinajstić information content (AvgIpc) is 3.01. The minimum absolute atomic E-state index is 0.0667. The number of azide groups is 1. The number of H-pyrrole nitrogens is 1. The molecule has 2 heterocycles. The van der Waals surface area contributed by atoms with Crippen LogP contribution in [-0.2, 0) is 4.79 Å². The molecule has 7 nitrogen and oxygen atoms in total. The molecule has 1 atom stereocenters. The number of aromatic amines is 1. The number of imidazole rings is 1. The first-order chi connectivity index (χ1) is 9.28. The number of nitrogens with zero attached hydrogens (tertiary/aromatic N) is 5. The van der Waals surface area contributed by atoms with E-state index < -0.39 is 0 Å². The second kappa shape index (κ2) is 4.62. The zero-order chi connectivity index (χ0) is 13.2. The summed E-state index contributed by atoms with van der Waals surface area (Å²) in [5.41, 5.74) is 11.0. The van der Waals surface area contributed by atoms with Crippen molar-refractivity contribution in [2.45, 2.75) is 6.42 Å².